The fourth-order valence-electron chi connectivity index (χ4n) is 2.92. The smallest absolute Gasteiger partial charge is 0.233 e. The molecule has 2 aliphatic heterocycles. The first kappa shape index (κ1) is 19.3. The standard InChI is InChI=1S/C18H22N4O4S2/c1-11(16(23)19-8-12-4-5-14-15(7-12)26-10-25-14)27-18-22-21-17(28-18)20-9-13-3-2-6-24-13/h4-5,7,11,13H,2-3,6,8-10H2,1H3,(H,19,23)(H,20,21)/t11-,13-/m0/s1. The SMILES string of the molecule is C[C@H](Sc1nnc(NC[C@@H]2CCCO2)s1)C(=O)NCc1ccc2c(c1)OCO2. The summed E-state index contributed by atoms with van der Waals surface area (Å²) in [5.41, 5.74) is 0.964. The number of carbonyl (C=O) groups is 1. The third kappa shape index (κ3) is 4.86. The van der Waals surface area contributed by atoms with E-state index in [1.807, 2.05) is 25.1 Å². The first-order valence-electron chi connectivity index (χ1n) is 9.19. The van der Waals surface area contributed by atoms with E-state index in [0.717, 1.165) is 46.8 Å². The zero-order chi connectivity index (χ0) is 19.3. The third-order valence-corrected chi connectivity index (χ3v) is 6.53. The Balaban J connectivity index is 1.23. The van der Waals surface area contributed by atoms with E-state index in [1.54, 1.807) is 0 Å². The molecule has 8 nitrogen and oxygen atoms in total. The van der Waals surface area contributed by atoms with Gasteiger partial charge in [0, 0.05) is 19.7 Å². The molecule has 1 aromatic heterocycles. The van der Waals surface area contributed by atoms with Gasteiger partial charge in [-0.05, 0) is 37.5 Å². The van der Waals surface area contributed by atoms with E-state index in [2.05, 4.69) is 20.8 Å². The Morgan fingerprint density at radius 1 is 1.36 bits per heavy atom. The lowest BCUT2D eigenvalue weighted by atomic mass is 10.2. The highest BCUT2D eigenvalue weighted by molar-refractivity contribution is 8.02. The van der Waals surface area contributed by atoms with Gasteiger partial charge in [0.1, 0.15) is 0 Å². The normalized spacial score (nSPS) is 18.8. The van der Waals surface area contributed by atoms with Crippen LogP contribution in [0.15, 0.2) is 22.5 Å². The number of thioether (sulfide) groups is 1. The van der Waals surface area contributed by atoms with Crippen molar-refractivity contribution in [2.24, 2.45) is 0 Å². The Morgan fingerprint density at radius 2 is 2.25 bits per heavy atom. The highest BCUT2D eigenvalue weighted by Crippen LogP contribution is 2.32. The number of amides is 1. The second-order valence-electron chi connectivity index (χ2n) is 6.55. The van der Waals surface area contributed by atoms with Crippen molar-refractivity contribution < 1.29 is 19.0 Å². The average molecular weight is 423 g/mol. The van der Waals surface area contributed by atoms with Crippen molar-refractivity contribution in [1.29, 1.82) is 0 Å². The van der Waals surface area contributed by atoms with Crippen LogP contribution in [0.25, 0.3) is 0 Å². The first-order valence-corrected chi connectivity index (χ1v) is 10.9. The summed E-state index contributed by atoms with van der Waals surface area (Å²) >= 11 is 2.86. The Bertz CT molecular complexity index is 826. The largest absolute Gasteiger partial charge is 0.454 e. The molecule has 150 valence electrons. The summed E-state index contributed by atoms with van der Waals surface area (Å²) in [6.45, 7) is 4.11. The van der Waals surface area contributed by atoms with Crippen LogP contribution in [0.4, 0.5) is 5.13 Å². The fraction of sp³-hybridized carbons (Fsp3) is 0.500. The van der Waals surface area contributed by atoms with Gasteiger partial charge in [0.25, 0.3) is 0 Å². The van der Waals surface area contributed by atoms with Crippen molar-refractivity contribution in [3.05, 3.63) is 23.8 Å². The van der Waals surface area contributed by atoms with E-state index in [0.29, 0.717) is 12.3 Å². The molecular formula is C18H22N4O4S2. The number of anilines is 1. The third-order valence-electron chi connectivity index (χ3n) is 4.46. The number of rotatable bonds is 8. The molecule has 1 fully saturated rings. The highest BCUT2D eigenvalue weighted by atomic mass is 32.2. The molecule has 10 heteroatoms. The van der Waals surface area contributed by atoms with E-state index in [9.17, 15) is 4.79 Å². The summed E-state index contributed by atoms with van der Waals surface area (Å²) in [7, 11) is 0. The van der Waals surface area contributed by atoms with E-state index in [1.165, 1.54) is 23.1 Å². The second-order valence-corrected chi connectivity index (χ2v) is 9.12. The van der Waals surface area contributed by atoms with Crippen LogP contribution >= 0.6 is 23.1 Å². The maximum absolute atomic E-state index is 12.4. The van der Waals surface area contributed by atoms with Crippen LogP contribution in [0.3, 0.4) is 0 Å². The van der Waals surface area contributed by atoms with Crippen LogP contribution in [-0.4, -0.2) is 47.4 Å². The Kier molecular flexibility index (Phi) is 6.18. The number of hydrogen-bond donors (Lipinski definition) is 2. The molecule has 3 heterocycles. The van der Waals surface area contributed by atoms with Crippen molar-refractivity contribution in [2.75, 3.05) is 25.3 Å². The summed E-state index contributed by atoms with van der Waals surface area (Å²) in [5, 5.41) is 15.0. The molecule has 0 unspecified atom stereocenters. The maximum Gasteiger partial charge on any atom is 0.233 e. The van der Waals surface area contributed by atoms with Gasteiger partial charge in [-0.15, -0.1) is 10.2 Å². The first-order chi connectivity index (χ1) is 13.7. The van der Waals surface area contributed by atoms with Gasteiger partial charge < -0.3 is 24.8 Å². The number of aromatic nitrogens is 2. The monoisotopic (exact) mass is 422 g/mol. The number of nitrogens with one attached hydrogen (secondary N) is 2. The van der Waals surface area contributed by atoms with Gasteiger partial charge in [-0.2, -0.15) is 0 Å². The zero-order valence-electron chi connectivity index (χ0n) is 15.5. The Labute approximate surface area is 171 Å². The van der Waals surface area contributed by atoms with Crippen molar-refractivity contribution in [1.82, 2.24) is 15.5 Å². The van der Waals surface area contributed by atoms with Crippen LogP contribution in [0.5, 0.6) is 11.5 Å². The lowest BCUT2D eigenvalue weighted by molar-refractivity contribution is -0.120. The van der Waals surface area contributed by atoms with Crippen molar-refractivity contribution in [3.8, 4) is 11.5 Å². The zero-order valence-corrected chi connectivity index (χ0v) is 17.1. The Morgan fingerprint density at radius 3 is 3.11 bits per heavy atom. The van der Waals surface area contributed by atoms with Crippen LogP contribution in [-0.2, 0) is 16.1 Å². The number of benzene rings is 1. The van der Waals surface area contributed by atoms with Crippen LogP contribution in [0.2, 0.25) is 0 Å². The van der Waals surface area contributed by atoms with Crippen LogP contribution < -0.4 is 20.1 Å². The molecule has 2 atom stereocenters. The van der Waals surface area contributed by atoms with Gasteiger partial charge in [-0.25, -0.2) is 0 Å². The van der Waals surface area contributed by atoms with Gasteiger partial charge in [0.15, 0.2) is 15.8 Å². The van der Waals surface area contributed by atoms with E-state index < -0.39 is 0 Å². The topological polar surface area (TPSA) is 94.6 Å². The quantitative estimate of drug-likeness (QED) is 0.627. The lowest BCUT2D eigenvalue weighted by Gasteiger charge is -2.10. The number of fused-ring (bicyclic) bond motifs is 1. The molecule has 0 bridgehead atoms. The lowest BCUT2D eigenvalue weighted by Crippen LogP contribution is -2.30. The van der Waals surface area contributed by atoms with E-state index in [4.69, 9.17) is 14.2 Å². The molecule has 2 N–H and O–H groups in total. The molecule has 0 aliphatic carbocycles. The summed E-state index contributed by atoms with van der Waals surface area (Å²) in [6, 6.07) is 5.66. The van der Waals surface area contributed by atoms with E-state index >= 15 is 0 Å². The molecule has 2 aromatic rings. The fourth-order valence-corrected chi connectivity index (χ4v) is 4.85. The molecule has 0 radical (unpaired) electrons. The average Bonchev–Trinajstić information content (AvgIpc) is 3.45. The van der Waals surface area contributed by atoms with Crippen molar-refractivity contribution >= 4 is 34.1 Å². The molecule has 2 aliphatic rings. The van der Waals surface area contributed by atoms with Gasteiger partial charge in [-0.3, -0.25) is 4.79 Å². The molecule has 1 aromatic carbocycles. The predicted octanol–water partition coefficient (Wildman–Crippen LogP) is 2.65. The second kappa shape index (κ2) is 8.97. The minimum absolute atomic E-state index is 0.0493. The minimum atomic E-state index is -0.270. The predicted molar refractivity (Wildman–Crippen MR) is 107 cm³/mol. The van der Waals surface area contributed by atoms with Gasteiger partial charge in [-0.1, -0.05) is 29.2 Å². The number of ether oxygens (including phenoxy) is 3. The molecule has 28 heavy (non-hydrogen) atoms. The molecule has 0 spiro atoms. The summed E-state index contributed by atoms with van der Waals surface area (Å²) in [5.74, 6) is 1.40. The van der Waals surface area contributed by atoms with E-state index in [-0.39, 0.29) is 24.1 Å². The Hall–Kier alpha value is -2.04. The van der Waals surface area contributed by atoms with Gasteiger partial charge in [0.2, 0.25) is 17.8 Å². The van der Waals surface area contributed by atoms with Crippen molar-refractivity contribution in [2.45, 2.75) is 42.0 Å². The summed E-state index contributed by atoms with van der Waals surface area (Å²) < 4.78 is 17.0. The highest BCUT2D eigenvalue weighted by Gasteiger charge is 2.19. The molecule has 4 rings (SSSR count). The number of carbonyl (C=O) groups excluding carboxylic acids is 1. The molecule has 1 saturated heterocycles. The summed E-state index contributed by atoms with van der Waals surface area (Å²) in [6.07, 6.45) is 2.44. The van der Waals surface area contributed by atoms with Gasteiger partial charge >= 0.3 is 0 Å². The summed E-state index contributed by atoms with van der Waals surface area (Å²) in [4.78, 5) is 12.4. The molecule has 0 saturated carbocycles. The van der Waals surface area contributed by atoms with Crippen LogP contribution in [0.1, 0.15) is 25.3 Å². The van der Waals surface area contributed by atoms with Crippen molar-refractivity contribution in [3.63, 3.8) is 0 Å². The number of nitrogens with zero attached hydrogens (tertiary/aromatic N) is 2. The minimum Gasteiger partial charge on any atom is -0.454 e. The maximum atomic E-state index is 12.4. The van der Waals surface area contributed by atoms with Gasteiger partial charge in [0.05, 0.1) is 11.4 Å². The number of hydrogen-bond acceptors (Lipinski definition) is 9. The molecular weight excluding hydrogens is 400 g/mol. The van der Waals surface area contributed by atoms with Crippen LogP contribution in [0, 0.1) is 0 Å². The molecule has 1 amide bonds.